The van der Waals surface area contributed by atoms with Gasteiger partial charge in [-0.1, -0.05) is 25.5 Å². The summed E-state index contributed by atoms with van der Waals surface area (Å²) in [5.41, 5.74) is 0.945. The average molecular weight is 385 g/mol. The predicted octanol–water partition coefficient (Wildman–Crippen LogP) is 1.86. The topological polar surface area (TPSA) is 91.8 Å². The number of rotatable bonds is 12. The van der Waals surface area contributed by atoms with Crippen molar-refractivity contribution in [2.45, 2.75) is 44.6 Å². The Morgan fingerprint density at radius 1 is 1.08 bits per heavy atom. The van der Waals surface area contributed by atoms with Gasteiger partial charge in [-0.05, 0) is 44.5 Å². The number of ether oxygens (including phenoxy) is 1. The zero-order valence-corrected chi connectivity index (χ0v) is 16.9. The number of guanidine groups is 1. The van der Waals surface area contributed by atoms with E-state index in [9.17, 15) is 8.42 Å². The molecule has 1 aromatic rings. The molecule has 1 aromatic carbocycles. The highest BCUT2D eigenvalue weighted by Gasteiger charge is 2.10. The summed E-state index contributed by atoms with van der Waals surface area (Å²) in [6, 6.07) is 6.73. The highest BCUT2D eigenvalue weighted by atomic mass is 32.2. The summed E-state index contributed by atoms with van der Waals surface area (Å²) in [5, 5.41) is 6.48. The van der Waals surface area contributed by atoms with Crippen LogP contribution in [0.4, 0.5) is 0 Å². The lowest BCUT2D eigenvalue weighted by molar-refractivity contribution is 0.129. The molecule has 0 fully saturated rings. The molecular weight excluding hydrogens is 352 g/mol. The van der Waals surface area contributed by atoms with E-state index in [4.69, 9.17) is 4.74 Å². The molecule has 26 heavy (non-hydrogen) atoms. The maximum Gasteiger partial charge on any atom is 0.240 e. The minimum atomic E-state index is -3.40. The first-order chi connectivity index (χ1) is 12.5. The molecule has 1 rings (SSSR count). The van der Waals surface area contributed by atoms with Crippen LogP contribution >= 0.6 is 0 Å². The Labute approximate surface area is 157 Å². The second-order valence-electron chi connectivity index (χ2n) is 5.79. The van der Waals surface area contributed by atoms with Gasteiger partial charge < -0.3 is 15.4 Å². The van der Waals surface area contributed by atoms with Crippen LogP contribution < -0.4 is 15.4 Å². The fraction of sp³-hybridized carbons (Fsp3) is 0.611. The summed E-state index contributed by atoms with van der Waals surface area (Å²) < 4.78 is 31.3. The Balaban J connectivity index is 2.48. The highest BCUT2D eigenvalue weighted by Crippen LogP contribution is 2.10. The fourth-order valence-corrected chi connectivity index (χ4v) is 2.86. The van der Waals surface area contributed by atoms with Crippen LogP contribution in [0, 0.1) is 0 Å². The van der Waals surface area contributed by atoms with Gasteiger partial charge in [0.05, 0.1) is 11.4 Å². The van der Waals surface area contributed by atoms with Gasteiger partial charge in [-0.3, -0.25) is 0 Å². The van der Waals surface area contributed by atoms with Crippen LogP contribution in [0.1, 0.15) is 38.7 Å². The standard InChI is InChI=1S/C18H32N4O3S/c1-4-6-13-25-14-7-12-21-18(20-5-2)22-15-16-8-10-17(11-9-16)26(23,24)19-3/h8-11,19H,4-7,12-15H2,1-3H3,(H2,20,21,22). The minimum absolute atomic E-state index is 0.251. The Hall–Kier alpha value is -1.64. The van der Waals surface area contributed by atoms with Crippen LogP contribution in [-0.4, -0.2) is 47.7 Å². The lowest BCUT2D eigenvalue weighted by atomic mass is 10.2. The highest BCUT2D eigenvalue weighted by molar-refractivity contribution is 7.89. The largest absolute Gasteiger partial charge is 0.381 e. The van der Waals surface area contributed by atoms with Crippen molar-refractivity contribution in [3.63, 3.8) is 0 Å². The third kappa shape index (κ3) is 8.64. The van der Waals surface area contributed by atoms with Crippen molar-refractivity contribution < 1.29 is 13.2 Å². The average Bonchev–Trinajstić information content (AvgIpc) is 2.65. The number of benzene rings is 1. The molecule has 0 bridgehead atoms. The molecule has 0 aliphatic heterocycles. The molecule has 0 radical (unpaired) electrons. The van der Waals surface area contributed by atoms with Gasteiger partial charge in [-0.25, -0.2) is 18.1 Å². The van der Waals surface area contributed by atoms with Crippen LogP contribution in [0.25, 0.3) is 0 Å². The quantitative estimate of drug-likeness (QED) is 0.291. The van der Waals surface area contributed by atoms with Gasteiger partial charge in [0, 0.05) is 26.3 Å². The summed E-state index contributed by atoms with van der Waals surface area (Å²) >= 11 is 0. The fourth-order valence-electron chi connectivity index (χ4n) is 2.13. The first kappa shape index (κ1) is 22.4. The molecule has 3 N–H and O–H groups in total. The van der Waals surface area contributed by atoms with E-state index >= 15 is 0 Å². The van der Waals surface area contributed by atoms with Gasteiger partial charge in [-0.2, -0.15) is 0 Å². The molecule has 0 saturated carbocycles. The van der Waals surface area contributed by atoms with Crippen LogP contribution in [-0.2, 0) is 21.3 Å². The first-order valence-electron chi connectivity index (χ1n) is 9.16. The van der Waals surface area contributed by atoms with E-state index in [2.05, 4.69) is 27.3 Å². The minimum Gasteiger partial charge on any atom is -0.381 e. The van der Waals surface area contributed by atoms with Crippen molar-refractivity contribution in [2.24, 2.45) is 4.99 Å². The molecule has 0 aliphatic carbocycles. The van der Waals surface area contributed by atoms with E-state index in [1.807, 2.05) is 6.92 Å². The van der Waals surface area contributed by atoms with Crippen molar-refractivity contribution in [3.05, 3.63) is 29.8 Å². The van der Waals surface area contributed by atoms with Crippen molar-refractivity contribution >= 4 is 16.0 Å². The molecule has 148 valence electrons. The first-order valence-corrected chi connectivity index (χ1v) is 10.6. The van der Waals surface area contributed by atoms with E-state index in [1.165, 1.54) is 7.05 Å². The molecule has 0 aromatic heterocycles. The zero-order valence-electron chi connectivity index (χ0n) is 16.0. The lowest BCUT2D eigenvalue weighted by Gasteiger charge is -2.11. The molecule has 0 saturated heterocycles. The second-order valence-corrected chi connectivity index (χ2v) is 7.68. The number of hydrogen-bond donors (Lipinski definition) is 3. The SMILES string of the molecule is CCCCOCCCNC(=NCc1ccc(S(=O)(=O)NC)cc1)NCC. The predicted molar refractivity (Wildman–Crippen MR) is 106 cm³/mol. The van der Waals surface area contributed by atoms with E-state index in [1.54, 1.807) is 24.3 Å². The van der Waals surface area contributed by atoms with E-state index in [0.717, 1.165) is 57.1 Å². The van der Waals surface area contributed by atoms with Crippen LogP contribution in [0.5, 0.6) is 0 Å². The number of hydrogen-bond acceptors (Lipinski definition) is 4. The van der Waals surface area contributed by atoms with Crippen molar-refractivity contribution in [3.8, 4) is 0 Å². The second kappa shape index (κ2) is 12.7. The number of aliphatic imine (C=N–C) groups is 1. The van der Waals surface area contributed by atoms with Gasteiger partial charge >= 0.3 is 0 Å². The molecule has 0 heterocycles. The van der Waals surface area contributed by atoms with Crippen LogP contribution in [0.3, 0.4) is 0 Å². The third-order valence-corrected chi connectivity index (χ3v) is 5.10. The molecule has 0 aliphatic rings. The van der Waals surface area contributed by atoms with Crippen molar-refractivity contribution in [1.82, 2.24) is 15.4 Å². The molecule has 8 heteroatoms. The van der Waals surface area contributed by atoms with E-state index in [0.29, 0.717) is 6.54 Å². The maximum atomic E-state index is 11.7. The van der Waals surface area contributed by atoms with Gasteiger partial charge in [-0.15, -0.1) is 0 Å². The summed E-state index contributed by atoms with van der Waals surface area (Å²) in [4.78, 5) is 4.78. The van der Waals surface area contributed by atoms with Gasteiger partial charge in [0.2, 0.25) is 10.0 Å². The molecule has 0 unspecified atom stereocenters. The smallest absolute Gasteiger partial charge is 0.240 e. The molecule has 0 amide bonds. The Morgan fingerprint density at radius 2 is 1.77 bits per heavy atom. The van der Waals surface area contributed by atoms with Gasteiger partial charge in [0.25, 0.3) is 0 Å². The third-order valence-electron chi connectivity index (χ3n) is 3.67. The van der Waals surface area contributed by atoms with E-state index in [-0.39, 0.29) is 4.90 Å². The number of unbranched alkanes of at least 4 members (excludes halogenated alkanes) is 1. The molecule has 0 atom stereocenters. The molecule has 0 spiro atoms. The molecular formula is C18H32N4O3S. The van der Waals surface area contributed by atoms with Crippen LogP contribution in [0.15, 0.2) is 34.2 Å². The molecule has 7 nitrogen and oxygen atoms in total. The summed E-state index contributed by atoms with van der Waals surface area (Å²) in [7, 11) is -2.00. The number of nitrogens with zero attached hydrogens (tertiary/aromatic N) is 1. The number of nitrogens with one attached hydrogen (secondary N) is 3. The Bertz CT molecular complexity index is 630. The summed E-state index contributed by atoms with van der Waals surface area (Å²) in [6.45, 7) is 7.77. The van der Waals surface area contributed by atoms with Crippen molar-refractivity contribution in [1.29, 1.82) is 0 Å². The Morgan fingerprint density at radius 3 is 2.38 bits per heavy atom. The van der Waals surface area contributed by atoms with Gasteiger partial charge in [0.1, 0.15) is 0 Å². The maximum absolute atomic E-state index is 11.7. The summed E-state index contributed by atoms with van der Waals surface area (Å²) in [6.07, 6.45) is 3.17. The zero-order chi connectivity index (χ0) is 19.3. The van der Waals surface area contributed by atoms with Crippen molar-refractivity contribution in [2.75, 3.05) is 33.4 Å². The normalized spacial score (nSPS) is 12.2. The lowest BCUT2D eigenvalue weighted by Crippen LogP contribution is -2.38. The summed E-state index contributed by atoms with van der Waals surface area (Å²) in [5.74, 6) is 0.744. The monoisotopic (exact) mass is 384 g/mol. The number of sulfonamides is 1. The van der Waals surface area contributed by atoms with E-state index < -0.39 is 10.0 Å². The van der Waals surface area contributed by atoms with Gasteiger partial charge in [0.15, 0.2) is 5.96 Å². The Kier molecular flexibility index (Phi) is 10.9. The van der Waals surface area contributed by atoms with Crippen LogP contribution in [0.2, 0.25) is 0 Å².